The van der Waals surface area contributed by atoms with Crippen LogP contribution in [-0.2, 0) is 9.59 Å². The van der Waals surface area contributed by atoms with Crippen molar-refractivity contribution >= 4 is 40.7 Å². The van der Waals surface area contributed by atoms with E-state index in [9.17, 15) is 18.4 Å². The van der Waals surface area contributed by atoms with Crippen molar-refractivity contribution in [3.8, 4) is 0 Å². The maximum atomic E-state index is 13.8. The van der Waals surface area contributed by atoms with Crippen molar-refractivity contribution in [3.05, 3.63) is 57.8 Å². The van der Waals surface area contributed by atoms with Crippen LogP contribution in [0.15, 0.2) is 30.5 Å². The lowest BCUT2D eigenvalue weighted by molar-refractivity contribution is -0.135. The molecule has 2 aromatic rings. The van der Waals surface area contributed by atoms with Crippen LogP contribution in [0.3, 0.4) is 0 Å². The molecular formula is C17H13Cl2F2N3O2. The van der Waals surface area contributed by atoms with E-state index in [0.29, 0.717) is 5.56 Å². The fraction of sp³-hybridized carbons (Fsp3) is 0.235. The Kier molecular flexibility index (Phi) is 5.11. The normalized spacial score (nSPS) is 19.7. The molecular weight excluding hydrogens is 387 g/mol. The van der Waals surface area contributed by atoms with E-state index in [1.165, 1.54) is 29.3 Å². The lowest BCUT2D eigenvalue weighted by atomic mass is 9.88. The number of likely N-dealkylation sites (tertiary alicyclic amines) is 1. The van der Waals surface area contributed by atoms with E-state index in [1.807, 2.05) is 0 Å². The topological polar surface area (TPSA) is 62.3 Å². The minimum Gasteiger partial charge on any atom is -0.344 e. The van der Waals surface area contributed by atoms with E-state index in [1.54, 1.807) is 7.05 Å². The second-order valence-electron chi connectivity index (χ2n) is 5.93. The van der Waals surface area contributed by atoms with Crippen molar-refractivity contribution < 1.29 is 18.4 Å². The van der Waals surface area contributed by atoms with Gasteiger partial charge in [0.2, 0.25) is 11.8 Å². The van der Waals surface area contributed by atoms with Crippen LogP contribution in [0.5, 0.6) is 0 Å². The molecule has 136 valence electrons. The molecule has 5 nitrogen and oxygen atoms in total. The summed E-state index contributed by atoms with van der Waals surface area (Å²) < 4.78 is 27.1. The number of anilines is 1. The largest absolute Gasteiger partial charge is 0.344 e. The average molecular weight is 400 g/mol. The number of benzene rings is 1. The van der Waals surface area contributed by atoms with Gasteiger partial charge in [-0.2, -0.15) is 0 Å². The third-order valence-electron chi connectivity index (χ3n) is 4.25. The van der Waals surface area contributed by atoms with Gasteiger partial charge >= 0.3 is 0 Å². The van der Waals surface area contributed by atoms with E-state index < -0.39 is 35.3 Å². The maximum absolute atomic E-state index is 13.8. The van der Waals surface area contributed by atoms with Gasteiger partial charge in [0.15, 0.2) is 11.6 Å². The van der Waals surface area contributed by atoms with Gasteiger partial charge in [-0.05, 0) is 23.8 Å². The highest BCUT2D eigenvalue weighted by molar-refractivity contribution is 6.41. The Labute approximate surface area is 157 Å². The lowest BCUT2D eigenvalue weighted by Crippen LogP contribution is -2.33. The van der Waals surface area contributed by atoms with Crippen LogP contribution in [0.25, 0.3) is 0 Å². The molecule has 0 saturated carbocycles. The Morgan fingerprint density at radius 2 is 2.08 bits per heavy atom. The van der Waals surface area contributed by atoms with Crippen LogP contribution in [0.4, 0.5) is 14.5 Å². The number of nitrogens with one attached hydrogen (secondary N) is 1. The molecule has 0 bridgehead atoms. The summed E-state index contributed by atoms with van der Waals surface area (Å²) in [5.74, 6) is -5.13. The van der Waals surface area contributed by atoms with Gasteiger partial charge in [0.25, 0.3) is 0 Å². The van der Waals surface area contributed by atoms with E-state index in [4.69, 9.17) is 23.2 Å². The Morgan fingerprint density at radius 3 is 2.77 bits per heavy atom. The fourth-order valence-corrected chi connectivity index (χ4v) is 3.22. The number of rotatable bonds is 3. The summed E-state index contributed by atoms with van der Waals surface area (Å²) in [6, 6.07) is 4.95. The van der Waals surface area contributed by atoms with Crippen molar-refractivity contribution in [2.24, 2.45) is 5.92 Å². The second kappa shape index (κ2) is 7.17. The summed E-state index contributed by atoms with van der Waals surface area (Å²) in [4.78, 5) is 30.4. The van der Waals surface area contributed by atoms with E-state index in [-0.39, 0.29) is 22.4 Å². The fourth-order valence-electron chi connectivity index (χ4n) is 2.94. The first-order chi connectivity index (χ1) is 12.3. The lowest BCUT2D eigenvalue weighted by Gasteiger charge is -2.17. The standard InChI is InChI=1S/C17H13Cl2F2N3O2/c1-24-7-9(8-5-10(18)15(19)22-6-8)13(17(24)26)16(25)23-12-4-2-3-11(20)14(12)21/h2-6,9,13H,7H2,1H3,(H,23,25)/t9-,13+/m1/s1. The van der Waals surface area contributed by atoms with Crippen molar-refractivity contribution in [3.63, 3.8) is 0 Å². The number of likely N-dealkylation sites (N-methyl/N-ethyl adjacent to an activating group) is 1. The van der Waals surface area contributed by atoms with E-state index >= 15 is 0 Å². The molecule has 1 aliphatic heterocycles. The minimum atomic E-state index is -1.19. The number of hydrogen-bond acceptors (Lipinski definition) is 3. The van der Waals surface area contributed by atoms with Crippen LogP contribution in [0.2, 0.25) is 10.2 Å². The van der Waals surface area contributed by atoms with Gasteiger partial charge in [0.1, 0.15) is 11.1 Å². The Hall–Kier alpha value is -2.25. The number of pyridine rings is 1. The third kappa shape index (κ3) is 3.37. The predicted octanol–water partition coefficient (Wildman–Crippen LogP) is 3.48. The highest BCUT2D eigenvalue weighted by atomic mass is 35.5. The molecule has 0 unspecified atom stereocenters. The van der Waals surface area contributed by atoms with Crippen LogP contribution < -0.4 is 5.32 Å². The van der Waals surface area contributed by atoms with Crippen molar-refractivity contribution in [1.82, 2.24) is 9.88 Å². The summed E-state index contributed by atoms with van der Waals surface area (Å²) in [7, 11) is 1.55. The molecule has 0 radical (unpaired) electrons. The third-order valence-corrected chi connectivity index (χ3v) is 4.94. The maximum Gasteiger partial charge on any atom is 0.237 e. The van der Waals surface area contributed by atoms with Gasteiger partial charge in [-0.25, -0.2) is 13.8 Å². The minimum absolute atomic E-state index is 0.107. The van der Waals surface area contributed by atoms with Gasteiger partial charge < -0.3 is 10.2 Å². The average Bonchev–Trinajstić information content (AvgIpc) is 2.89. The molecule has 2 amide bonds. The number of carbonyl (C=O) groups excluding carboxylic acids is 2. The highest BCUT2D eigenvalue weighted by Gasteiger charge is 2.44. The molecule has 0 spiro atoms. The van der Waals surface area contributed by atoms with Gasteiger partial charge in [-0.15, -0.1) is 0 Å². The summed E-state index contributed by atoms with van der Waals surface area (Å²) in [5.41, 5.74) is 0.223. The quantitative estimate of drug-likeness (QED) is 0.634. The summed E-state index contributed by atoms with van der Waals surface area (Å²) in [6.45, 7) is 0.252. The second-order valence-corrected chi connectivity index (χ2v) is 6.70. The molecule has 26 heavy (non-hydrogen) atoms. The number of carbonyl (C=O) groups is 2. The Bertz CT molecular complexity index is 894. The first kappa shape index (κ1) is 18.5. The Balaban J connectivity index is 1.91. The molecule has 1 aliphatic rings. The smallest absolute Gasteiger partial charge is 0.237 e. The number of nitrogens with zero attached hydrogens (tertiary/aromatic N) is 2. The number of aromatic nitrogens is 1. The molecule has 1 aromatic carbocycles. The first-order valence-electron chi connectivity index (χ1n) is 7.60. The number of hydrogen-bond donors (Lipinski definition) is 1. The van der Waals surface area contributed by atoms with Crippen molar-refractivity contribution in [2.45, 2.75) is 5.92 Å². The molecule has 2 heterocycles. The summed E-state index contributed by atoms with van der Waals surface area (Å²) >= 11 is 11.8. The van der Waals surface area contributed by atoms with Crippen LogP contribution in [-0.4, -0.2) is 35.3 Å². The highest BCUT2D eigenvalue weighted by Crippen LogP contribution is 2.35. The molecule has 1 aromatic heterocycles. The predicted molar refractivity (Wildman–Crippen MR) is 93.1 cm³/mol. The zero-order valence-corrected chi connectivity index (χ0v) is 15.0. The molecule has 2 atom stereocenters. The van der Waals surface area contributed by atoms with Gasteiger partial charge in [-0.1, -0.05) is 29.3 Å². The van der Waals surface area contributed by atoms with Crippen LogP contribution in [0.1, 0.15) is 11.5 Å². The Morgan fingerprint density at radius 1 is 1.35 bits per heavy atom. The van der Waals surface area contributed by atoms with Gasteiger partial charge in [0, 0.05) is 25.7 Å². The summed E-state index contributed by atoms with van der Waals surface area (Å²) in [6.07, 6.45) is 1.44. The monoisotopic (exact) mass is 399 g/mol. The zero-order chi connectivity index (χ0) is 19.0. The van der Waals surface area contributed by atoms with Gasteiger partial charge in [-0.3, -0.25) is 9.59 Å². The molecule has 9 heteroatoms. The van der Waals surface area contributed by atoms with Gasteiger partial charge in [0.05, 0.1) is 10.7 Å². The summed E-state index contributed by atoms with van der Waals surface area (Å²) in [5, 5.41) is 2.59. The molecule has 0 aliphatic carbocycles. The molecule has 1 N–H and O–H groups in total. The van der Waals surface area contributed by atoms with E-state index in [0.717, 1.165) is 6.07 Å². The zero-order valence-electron chi connectivity index (χ0n) is 13.5. The van der Waals surface area contributed by atoms with Crippen LogP contribution in [0, 0.1) is 17.6 Å². The molecule has 1 saturated heterocycles. The number of amides is 2. The molecule has 3 rings (SSSR count). The SMILES string of the molecule is CN1C[C@H](c2cnc(Cl)c(Cl)c2)[C@@H](C(=O)Nc2cccc(F)c2F)C1=O. The molecule has 1 fully saturated rings. The van der Waals surface area contributed by atoms with Crippen LogP contribution >= 0.6 is 23.2 Å². The van der Waals surface area contributed by atoms with Crippen molar-refractivity contribution in [1.29, 1.82) is 0 Å². The first-order valence-corrected chi connectivity index (χ1v) is 8.36. The van der Waals surface area contributed by atoms with E-state index in [2.05, 4.69) is 10.3 Å². The van der Waals surface area contributed by atoms with Crippen molar-refractivity contribution in [2.75, 3.05) is 18.9 Å². The number of halogens is 4.